The Hall–Kier alpha value is -6.07. The lowest BCUT2D eigenvalue weighted by Gasteiger charge is -2.26. The number of alkyl halides is 3. The maximum atomic E-state index is 15.5. The topological polar surface area (TPSA) is 139 Å². The summed E-state index contributed by atoms with van der Waals surface area (Å²) < 4.78 is 80.6. The fourth-order valence-corrected chi connectivity index (χ4v) is 5.76. The number of nitrogens with zero attached hydrogens (tertiary/aromatic N) is 5. The molecule has 1 saturated heterocycles. The number of pyridine rings is 1. The third-order valence-corrected chi connectivity index (χ3v) is 8.40. The number of rotatable bonds is 13. The Morgan fingerprint density at radius 3 is 2.52 bits per heavy atom. The van der Waals surface area contributed by atoms with Gasteiger partial charge < -0.3 is 24.3 Å². The van der Waals surface area contributed by atoms with Crippen molar-refractivity contribution in [3.8, 4) is 28.7 Å². The highest BCUT2D eigenvalue weighted by molar-refractivity contribution is 6.02. The summed E-state index contributed by atoms with van der Waals surface area (Å²) in [6.07, 6.45) is -1.49. The molecule has 1 N–H and O–H groups in total. The number of hydrogen-bond donors (Lipinski definition) is 1. The number of hydrogen-bond acceptors (Lipinski definition) is 10. The van der Waals surface area contributed by atoms with Gasteiger partial charge in [-0.3, -0.25) is 24.0 Å². The minimum Gasteiger partial charge on any atom is -0.493 e. The number of fused-ring (bicyclic) bond motifs is 1. The summed E-state index contributed by atoms with van der Waals surface area (Å²) in [7, 11) is 1.51. The summed E-state index contributed by atoms with van der Waals surface area (Å²) in [5, 5.41) is 6.54. The van der Waals surface area contributed by atoms with Crippen molar-refractivity contribution in [3.63, 3.8) is 0 Å². The molecule has 1 aliphatic rings. The van der Waals surface area contributed by atoms with Gasteiger partial charge in [0.15, 0.2) is 23.1 Å². The minimum absolute atomic E-state index is 0.146. The van der Waals surface area contributed by atoms with Gasteiger partial charge in [0.25, 0.3) is 11.5 Å². The molecule has 0 bridgehead atoms. The van der Waals surface area contributed by atoms with Crippen molar-refractivity contribution >= 4 is 22.5 Å². The van der Waals surface area contributed by atoms with Crippen molar-refractivity contribution in [1.82, 2.24) is 24.2 Å². The number of aromatic nitrogens is 4. The van der Waals surface area contributed by atoms with Gasteiger partial charge in [-0.1, -0.05) is 18.2 Å². The number of amides is 1. The lowest BCUT2D eigenvalue weighted by atomic mass is 10.1. The molecule has 54 heavy (non-hydrogen) atoms. The highest BCUT2D eigenvalue weighted by Gasteiger charge is 2.35. The van der Waals surface area contributed by atoms with Gasteiger partial charge >= 0.3 is 11.9 Å². The largest absolute Gasteiger partial charge is 0.493 e. The number of carbonyl (C=O) groups is 1. The smallest absolute Gasteiger partial charge is 0.418 e. The van der Waals surface area contributed by atoms with Crippen LogP contribution >= 0.6 is 0 Å². The van der Waals surface area contributed by atoms with Gasteiger partial charge in [0.2, 0.25) is 5.69 Å². The summed E-state index contributed by atoms with van der Waals surface area (Å²) >= 11 is 0. The number of morpholine rings is 1. The summed E-state index contributed by atoms with van der Waals surface area (Å²) in [6, 6.07) is 12.4. The van der Waals surface area contributed by atoms with Crippen LogP contribution in [0.1, 0.15) is 22.5 Å². The van der Waals surface area contributed by atoms with Crippen LogP contribution in [0.15, 0.2) is 89.1 Å². The molecular formula is C37H34F4N6O7. The van der Waals surface area contributed by atoms with Gasteiger partial charge in [-0.05, 0) is 42.8 Å². The van der Waals surface area contributed by atoms with Crippen LogP contribution in [0.5, 0.6) is 23.0 Å². The van der Waals surface area contributed by atoms with Crippen molar-refractivity contribution in [2.24, 2.45) is 0 Å². The number of halogens is 4. The second-order valence-electron chi connectivity index (χ2n) is 11.9. The first-order valence-electron chi connectivity index (χ1n) is 16.7. The number of methoxy groups -OCH3 is 1. The van der Waals surface area contributed by atoms with E-state index in [1.807, 2.05) is 0 Å². The van der Waals surface area contributed by atoms with Crippen molar-refractivity contribution in [1.29, 1.82) is 0 Å². The van der Waals surface area contributed by atoms with Crippen LogP contribution in [0.25, 0.3) is 16.6 Å². The number of carbonyl (C=O) groups excluding carboxylic acids is 1. The Morgan fingerprint density at radius 2 is 1.80 bits per heavy atom. The molecule has 0 radical (unpaired) electrons. The molecular weight excluding hydrogens is 716 g/mol. The lowest BCUT2D eigenvalue weighted by molar-refractivity contribution is -0.137. The number of allylic oxidation sites excluding steroid dienone is 1. The molecule has 0 saturated carbocycles. The lowest BCUT2D eigenvalue weighted by Crippen LogP contribution is -2.45. The molecule has 3 aromatic carbocycles. The summed E-state index contributed by atoms with van der Waals surface area (Å²) in [5.41, 5.74) is -4.94. The average molecular weight is 751 g/mol. The zero-order chi connectivity index (χ0) is 38.4. The van der Waals surface area contributed by atoms with Gasteiger partial charge in [0, 0.05) is 55.6 Å². The minimum atomic E-state index is -4.89. The van der Waals surface area contributed by atoms with Crippen LogP contribution < -0.4 is 30.8 Å². The van der Waals surface area contributed by atoms with Crippen molar-refractivity contribution in [2.75, 3.05) is 51.9 Å². The van der Waals surface area contributed by atoms with E-state index in [4.69, 9.17) is 18.9 Å². The van der Waals surface area contributed by atoms with Crippen molar-refractivity contribution in [3.05, 3.63) is 117 Å². The van der Waals surface area contributed by atoms with E-state index in [0.717, 1.165) is 56.4 Å². The van der Waals surface area contributed by atoms with Gasteiger partial charge in [0.1, 0.15) is 5.75 Å². The van der Waals surface area contributed by atoms with Gasteiger partial charge in [-0.2, -0.15) is 23.0 Å². The first-order chi connectivity index (χ1) is 26.0. The molecule has 17 heteroatoms. The Labute approximate surface area is 305 Å². The van der Waals surface area contributed by atoms with E-state index in [9.17, 15) is 27.6 Å². The van der Waals surface area contributed by atoms with Crippen LogP contribution in [0.3, 0.4) is 0 Å². The highest BCUT2D eigenvalue weighted by Crippen LogP contribution is 2.38. The number of benzene rings is 3. The molecule has 3 heterocycles. The molecule has 0 atom stereocenters. The van der Waals surface area contributed by atoms with E-state index in [1.165, 1.54) is 37.6 Å². The fraction of sp³-hybridized carbons (Fsp3) is 0.270. The Kier molecular flexibility index (Phi) is 11.4. The average Bonchev–Trinajstić information content (AvgIpc) is 3.16. The van der Waals surface area contributed by atoms with Crippen LogP contribution in [-0.4, -0.2) is 76.7 Å². The zero-order valence-corrected chi connectivity index (χ0v) is 28.9. The second-order valence-corrected chi connectivity index (χ2v) is 11.9. The van der Waals surface area contributed by atoms with E-state index in [-0.39, 0.29) is 17.2 Å². The van der Waals surface area contributed by atoms with Crippen LogP contribution in [-0.2, 0) is 17.5 Å². The first-order valence-corrected chi connectivity index (χ1v) is 16.7. The zero-order valence-electron chi connectivity index (χ0n) is 28.9. The molecule has 13 nitrogen and oxygen atoms in total. The molecule has 2 aromatic heterocycles. The summed E-state index contributed by atoms with van der Waals surface area (Å²) in [5.74, 6) is -1.21. The van der Waals surface area contributed by atoms with Gasteiger partial charge in [-0.25, -0.2) is 9.18 Å². The Morgan fingerprint density at radius 1 is 1.02 bits per heavy atom. The highest BCUT2D eigenvalue weighted by atomic mass is 19.4. The Balaban J connectivity index is 1.23. The van der Waals surface area contributed by atoms with Crippen LogP contribution in [0.2, 0.25) is 0 Å². The van der Waals surface area contributed by atoms with E-state index < -0.39 is 52.6 Å². The van der Waals surface area contributed by atoms with Crippen molar-refractivity contribution < 1.29 is 41.3 Å². The number of nitrogens with one attached hydrogen (secondary N) is 1. The maximum Gasteiger partial charge on any atom is 0.418 e. The molecule has 1 aliphatic heterocycles. The number of ether oxygens (including phenoxy) is 4. The monoisotopic (exact) mass is 750 g/mol. The quantitative estimate of drug-likeness (QED) is 0.0941. The first kappa shape index (κ1) is 37.7. The Bertz CT molecular complexity index is 2300. The predicted molar refractivity (Wildman–Crippen MR) is 189 cm³/mol. The van der Waals surface area contributed by atoms with Crippen molar-refractivity contribution in [2.45, 2.75) is 19.1 Å². The molecule has 0 unspecified atom stereocenters. The van der Waals surface area contributed by atoms with E-state index in [2.05, 4.69) is 26.9 Å². The molecule has 282 valence electrons. The van der Waals surface area contributed by atoms with Crippen LogP contribution in [0, 0.1) is 5.82 Å². The molecule has 5 aromatic rings. The van der Waals surface area contributed by atoms with Gasteiger partial charge in [-0.15, -0.1) is 6.58 Å². The van der Waals surface area contributed by atoms with E-state index in [1.54, 1.807) is 12.1 Å². The number of para-hydroxylation sites is 1. The third kappa shape index (κ3) is 8.26. The third-order valence-electron chi connectivity index (χ3n) is 8.40. The van der Waals surface area contributed by atoms with E-state index >= 15 is 4.39 Å². The SMILES string of the molecule is C=CCn1c(=O)c(C(=O)Nc2ccc(Oc3ccnc4cc(OC)c(OCCCN5CCOCC5)cc34)c(F)c2)nn(-c2ccccc2C(F)(F)F)c1=O. The number of anilines is 1. The van der Waals surface area contributed by atoms with E-state index in [0.29, 0.717) is 51.5 Å². The normalized spacial score (nSPS) is 13.4. The predicted octanol–water partition coefficient (Wildman–Crippen LogP) is 5.44. The molecule has 1 amide bonds. The fourth-order valence-electron chi connectivity index (χ4n) is 5.76. The summed E-state index contributed by atoms with van der Waals surface area (Å²) in [6.45, 7) is 7.42. The second kappa shape index (κ2) is 16.3. The molecule has 0 aliphatic carbocycles. The molecule has 0 spiro atoms. The molecule has 1 fully saturated rings. The molecule has 6 rings (SSSR count). The standard InChI is InChI=1S/C37H34F4N6O7/c1-3-13-46-35(49)33(44-47(36(46)50)28-8-5-4-7-25(28)37(39,40)41)34(48)43-23-9-10-30(26(38)20-23)54-29-11-12-42-27-22-31(51-2)32(21-24(27)29)53-17-6-14-45-15-18-52-19-16-45/h3-5,7-12,20-22H,1,6,13-19H2,2H3,(H,43,48). The van der Waals surface area contributed by atoms with Gasteiger partial charge in [0.05, 0.1) is 43.7 Å². The maximum absolute atomic E-state index is 15.5. The summed E-state index contributed by atoms with van der Waals surface area (Å²) in [4.78, 5) is 46.2. The van der Waals surface area contributed by atoms with Crippen LogP contribution in [0.4, 0.5) is 23.2 Å².